The molecule has 6 heteroatoms. The Morgan fingerprint density at radius 1 is 1.26 bits per heavy atom. The van der Waals surface area contributed by atoms with Crippen molar-refractivity contribution < 1.29 is 13.9 Å². The molecule has 23 heavy (non-hydrogen) atoms. The minimum absolute atomic E-state index is 0.275. The van der Waals surface area contributed by atoms with Crippen LogP contribution in [0.3, 0.4) is 0 Å². The highest BCUT2D eigenvalue weighted by Crippen LogP contribution is 2.39. The molecule has 3 nitrogen and oxygen atoms in total. The summed E-state index contributed by atoms with van der Waals surface area (Å²) in [6.45, 7) is 0.357. The first-order chi connectivity index (χ1) is 11.1. The molecule has 118 valence electrons. The first-order valence-electron chi connectivity index (χ1n) is 6.88. The van der Waals surface area contributed by atoms with E-state index >= 15 is 0 Å². The summed E-state index contributed by atoms with van der Waals surface area (Å²) >= 11 is 7.04. The van der Waals surface area contributed by atoms with Gasteiger partial charge in [0.15, 0.2) is 5.75 Å². The van der Waals surface area contributed by atoms with Crippen LogP contribution >= 0.6 is 22.9 Å². The zero-order valence-corrected chi connectivity index (χ0v) is 13.8. The Morgan fingerprint density at radius 3 is 2.70 bits per heavy atom. The van der Waals surface area contributed by atoms with Gasteiger partial charge >= 0.3 is 0 Å². The molecule has 3 rings (SSSR count). The van der Waals surface area contributed by atoms with E-state index in [9.17, 15) is 9.18 Å². The minimum atomic E-state index is -0.396. The number of rotatable bonds is 4. The molecule has 3 aromatic rings. The second-order valence-electron chi connectivity index (χ2n) is 4.89. The van der Waals surface area contributed by atoms with E-state index in [2.05, 4.69) is 5.32 Å². The average Bonchev–Trinajstić information content (AvgIpc) is 2.94. The van der Waals surface area contributed by atoms with E-state index in [1.54, 1.807) is 24.3 Å². The van der Waals surface area contributed by atoms with E-state index in [1.807, 2.05) is 12.1 Å². The number of halogens is 2. The summed E-state index contributed by atoms with van der Waals surface area (Å²) in [5.41, 5.74) is 0.925. The monoisotopic (exact) mass is 349 g/mol. The molecular weight excluding hydrogens is 337 g/mol. The SMILES string of the molecule is COc1c(C(=O)NCc2ccc(Cl)cc2)sc2cccc(F)c12. The van der Waals surface area contributed by atoms with E-state index < -0.39 is 5.82 Å². The molecule has 1 amide bonds. The maximum atomic E-state index is 14.0. The quantitative estimate of drug-likeness (QED) is 0.745. The molecule has 0 spiro atoms. The molecule has 1 N–H and O–H groups in total. The van der Waals surface area contributed by atoms with Crippen LogP contribution in [0.15, 0.2) is 42.5 Å². The number of hydrogen-bond acceptors (Lipinski definition) is 3. The van der Waals surface area contributed by atoms with Crippen molar-refractivity contribution in [3.63, 3.8) is 0 Å². The predicted octanol–water partition coefficient (Wildman–Crippen LogP) is 4.63. The topological polar surface area (TPSA) is 38.3 Å². The molecule has 0 saturated carbocycles. The van der Waals surface area contributed by atoms with Gasteiger partial charge in [-0.05, 0) is 29.8 Å². The van der Waals surface area contributed by atoms with Gasteiger partial charge in [-0.2, -0.15) is 0 Å². The van der Waals surface area contributed by atoms with Gasteiger partial charge in [-0.1, -0.05) is 29.8 Å². The Bertz CT molecular complexity index is 861. The van der Waals surface area contributed by atoms with Gasteiger partial charge in [0.1, 0.15) is 10.7 Å². The van der Waals surface area contributed by atoms with Gasteiger partial charge in [-0.3, -0.25) is 4.79 Å². The summed E-state index contributed by atoms with van der Waals surface area (Å²) in [7, 11) is 1.43. The number of methoxy groups -OCH3 is 1. The van der Waals surface area contributed by atoms with Crippen LogP contribution in [-0.4, -0.2) is 13.0 Å². The zero-order valence-electron chi connectivity index (χ0n) is 12.2. The lowest BCUT2D eigenvalue weighted by Crippen LogP contribution is -2.22. The number of ether oxygens (including phenoxy) is 1. The summed E-state index contributed by atoms with van der Waals surface area (Å²) in [6, 6.07) is 11.9. The van der Waals surface area contributed by atoms with Crippen molar-refractivity contribution in [1.29, 1.82) is 0 Å². The van der Waals surface area contributed by atoms with Gasteiger partial charge in [-0.15, -0.1) is 11.3 Å². The highest BCUT2D eigenvalue weighted by molar-refractivity contribution is 7.21. The number of carbonyl (C=O) groups is 1. The van der Waals surface area contributed by atoms with Crippen LogP contribution in [0.25, 0.3) is 10.1 Å². The zero-order chi connectivity index (χ0) is 16.4. The molecule has 0 radical (unpaired) electrons. The second-order valence-corrected chi connectivity index (χ2v) is 6.38. The van der Waals surface area contributed by atoms with E-state index in [0.717, 1.165) is 5.56 Å². The van der Waals surface area contributed by atoms with Crippen molar-refractivity contribution in [3.8, 4) is 5.75 Å². The van der Waals surface area contributed by atoms with Gasteiger partial charge in [0.2, 0.25) is 0 Å². The van der Waals surface area contributed by atoms with Gasteiger partial charge in [0.25, 0.3) is 5.91 Å². The number of benzene rings is 2. The number of hydrogen-bond donors (Lipinski definition) is 1. The Hall–Kier alpha value is -2.11. The standard InChI is InChI=1S/C17H13ClFNO2S/c1-22-15-14-12(19)3-2-4-13(14)23-16(15)17(21)20-9-10-5-7-11(18)8-6-10/h2-8H,9H2,1H3,(H,20,21). The third-order valence-corrected chi connectivity index (χ3v) is 4.78. The second kappa shape index (κ2) is 6.56. The van der Waals surface area contributed by atoms with E-state index in [0.29, 0.717) is 26.5 Å². The van der Waals surface area contributed by atoms with Crippen LogP contribution in [0, 0.1) is 5.82 Å². The third kappa shape index (κ3) is 3.16. The molecule has 0 bridgehead atoms. The number of fused-ring (bicyclic) bond motifs is 1. The van der Waals surface area contributed by atoms with Crippen molar-refractivity contribution in [2.75, 3.05) is 7.11 Å². The Balaban J connectivity index is 1.86. The molecule has 0 aliphatic rings. The summed E-state index contributed by atoms with van der Waals surface area (Å²) < 4.78 is 19.9. The Morgan fingerprint density at radius 2 is 2.00 bits per heavy atom. The van der Waals surface area contributed by atoms with Gasteiger partial charge in [0, 0.05) is 16.3 Å². The maximum Gasteiger partial charge on any atom is 0.265 e. The van der Waals surface area contributed by atoms with Crippen LogP contribution < -0.4 is 10.1 Å². The predicted molar refractivity (Wildman–Crippen MR) is 91.0 cm³/mol. The fraction of sp³-hybridized carbons (Fsp3) is 0.118. The minimum Gasteiger partial charge on any atom is -0.494 e. The van der Waals surface area contributed by atoms with Crippen LogP contribution in [-0.2, 0) is 6.54 Å². The fourth-order valence-corrected chi connectivity index (χ4v) is 3.52. The number of thiophene rings is 1. The van der Waals surface area contributed by atoms with Crippen molar-refractivity contribution in [2.45, 2.75) is 6.54 Å². The lowest BCUT2D eigenvalue weighted by atomic mass is 10.2. The molecular formula is C17H13ClFNO2S. The lowest BCUT2D eigenvalue weighted by molar-refractivity contribution is 0.0952. The number of nitrogens with one attached hydrogen (secondary N) is 1. The Kier molecular flexibility index (Phi) is 4.50. The van der Waals surface area contributed by atoms with E-state index in [1.165, 1.54) is 24.5 Å². The van der Waals surface area contributed by atoms with Crippen molar-refractivity contribution in [3.05, 3.63) is 63.7 Å². The van der Waals surface area contributed by atoms with Crippen LogP contribution in [0.1, 0.15) is 15.2 Å². The third-order valence-electron chi connectivity index (χ3n) is 3.40. The summed E-state index contributed by atoms with van der Waals surface area (Å²) in [5.74, 6) is -0.415. The normalized spacial score (nSPS) is 10.7. The molecule has 0 aliphatic carbocycles. The summed E-state index contributed by atoms with van der Waals surface area (Å²) in [4.78, 5) is 12.8. The van der Waals surface area contributed by atoms with Crippen molar-refractivity contribution in [2.24, 2.45) is 0 Å². The molecule has 0 fully saturated rings. The molecule has 1 aromatic heterocycles. The largest absolute Gasteiger partial charge is 0.494 e. The van der Waals surface area contributed by atoms with Crippen molar-refractivity contribution in [1.82, 2.24) is 5.32 Å². The molecule has 0 unspecified atom stereocenters. The first-order valence-corrected chi connectivity index (χ1v) is 8.07. The van der Waals surface area contributed by atoms with Crippen LogP contribution in [0.4, 0.5) is 4.39 Å². The molecule has 0 saturated heterocycles. The molecule has 1 heterocycles. The fourth-order valence-electron chi connectivity index (χ4n) is 2.29. The lowest BCUT2D eigenvalue weighted by Gasteiger charge is -2.06. The highest BCUT2D eigenvalue weighted by Gasteiger charge is 2.21. The number of amides is 1. The average molecular weight is 350 g/mol. The van der Waals surface area contributed by atoms with Crippen molar-refractivity contribution >= 4 is 38.9 Å². The number of carbonyl (C=O) groups excluding carboxylic acids is 1. The first kappa shape index (κ1) is 15.8. The molecule has 2 aromatic carbocycles. The van der Waals surface area contributed by atoms with Crippen LogP contribution in [0.2, 0.25) is 5.02 Å². The van der Waals surface area contributed by atoms with E-state index in [-0.39, 0.29) is 11.7 Å². The summed E-state index contributed by atoms with van der Waals surface area (Å²) in [5, 5.41) is 3.80. The highest BCUT2D eigenvalue weighted by atomic mass is 35.5. The maximum absolute atomic E-state index is 14.0. The van der Waals surface area contributed by atoms with Gasteiger partial charge < -0.3 is 10.1 Å². The Labute approximate surface area is 141 Å². The summed E-state index contributed by atoms with van der Waals surface area (Å²) in [6.07, 6.45) is 0. The molecule has 0 aliphatic heterocycles. The van der Waals surface area contributed by atoms with Crippen LogP contribution in [0.5, 0.6) is 5.75 Å². The smallest absolute Gasteiger partial charge is 0.265 e. The molecule has 0 atom stereocenters. The van der Waals surface area contributed by atoms with Gasteiger partial charge in [0.05, 0.1) is 12.5 Å². The van der Waals surface area contributed by atoms with E-state index in [4.69, 9.17) is 16.3 Å². The van der Waals surface area contributed by atoms with Gasteiger partial charge in [-0.25, -0.2) is 4.39 Å².